The molecule has 0 spiro atoms. The normalized spacial score (nSPS) is 13.8. The van der Waals surface area contributed by atoms with Crippen LogP contribution in [0.15, 0.2) is 43.0 Å². The number of hydrogen-bond acceptors (Lipinski definition) is 3. The van der Waals surface area contributed by atoms with E-state index in [9.17, 15) is 5.26 Å². The van der Waals surface area contributed by atoms with Gasteiger partial charge in [-0.15, -0.1) is 0 Å². The Morgan fingerprint density at radius 1 is 1.30 bits per heavy atom. The summed E-state index contributed by atoms with van der Waals surface area (Å²) in [7, 11) is 0. The molecule has 0 saturated carbocycles. The Bertz CT molecular complexity index is 852. The van der Waals surface area contributed by atoms with Crippen LogP contribution in [0.5, 0.6) is 0 Å². The van der Waals surface area contributed by atoms with E-state index < -0.39 is 0 Å². The van der Waals surface area contributed by atoms with Crippen LogP contribution >= 0.6 is 0 Å². The van der Waals surface area contributed by atoms with Gasteiger partial charge in [-0.3, -0.25) is 4.68 Å². The molecule has 1 N–H and O–H groups in total. The number of pyridine rings is 1. The number of hydrogen-bond donors (Lipinski definition) is 1. The van der Waals surface area contributed by atoms with Gasteiger partial charge >= 0.3 is 0 Å². The Kier molecular flexibility index (Phi) is 4.18. The van der Waals surface area contributed by atoms with Gasteiger partial charge in [-0.1, -0.05) is 6.07 Å². The lowest BCUT2D eigenvalue weighted by Crippen LogP contribution is -2.33. The summed E-state index contributed by atoms with van der Waals surface area (Å²) in [6.07, 6.45) is 7.92. The van der Waals surface area contributed by atoms with Crippen molar-refractivity contribution in [1.82, 2.24) is 19.5 Å². The van der Waals surface area contributed by atoms with Crippen LogP contribution in [0.3, 0.4) is 0 Å². The van der Waals surface area contributed by atoms with Crippen LogP contribution in [-0.4, -0.2) is 20.2 Å². The Morgan fingerprint density at radius 2 is 2.13 bits per heavy atom. The van der Waals surface area contributed by atoms with E-state index in [1.54, 1.807) is 0 Å². The number of aromatic nitrogens is 3. The molecule has 2 unspecified atom stereocenters. The zero-order valence-electron chi connectivity index (χ0n) is 13.7. The van der Waals surface area contributed by atoms with Crippen LogP contribution in [0.4, 0.5) is 0 Å². The van der Waals surface area contributed by atoms with Gasteiger partial charge in [0.1, 0.15) is 6.07 Å². The highest BCUT2D eigenvalue weighted by molar-refractivity contribution is 5.65. The van der Waals surface area contributed by atoms with Crippen molar-refractivity contribution in [2.45, 2.75) is 39.4 Å². The summed E-state index contributed by atoms with van der Waals surface area (Å²) in [5, 5.41) is 17.4. The Balaban J connectivity index is 1.74. The zero-order chi connectivity index (χ0) is 16.4. The lowest BCUT2D eigenvalue weighted by Gasteiger charge is -2.21. The van der Waals surface area contributed by atoms with Gasteiger partial charge in [0.15, 0.2) is 0 Å². The lowest BCUT2D eigenvalue weighted by atomic mass is 10.1. The minimum Gasteiger partial charge on any atom is -0.322 e. The number of nitrogens with zero attached hydrogens (tertiary/aromatic N) is 4. The highest BCUT2D eigenvalue weighted by Gasteiger charge is 2.16. The van der Waals surface area contributed by atoms with E-state index >= 15 is 0 Å². The van der Waals surface area contributed by atoms with Crippen LogP contribution < -0.4 is 5.32 Å². The van der Waals surface area contributed by atoms with Gasteiger partial charge in [-0.25, -0.2) is 0 Å². The minimum atomic E-state index is 0.240. The molecule has 2 atom stereocenters. The first kappa shape index (κ1) is 15.3. The molecule has 3 heterocycles. The number of fused-ring (bicyclic) bond motifs is 1. The van der Waals surface area contributed by atoms with Gasteiger partial charge in [0, 0.05) is 36.7 Å². The molecule has 0 aliphatic carbocycles. The predicted molar refractivity (Wildman–Crippen MR) is 90.1 cm³/mol. The second-order valence-corrected chi connectivity index (χ2v) is 6.04. The molecule has 0 radical (unpaired) electrons. The molecular weight excluding hydrogens is 286 g/mol. The van der Waals surface area contributed by atoms with Crippen molar-refractivity contribution in [2.24, 2.45) is 0 Å². The number of aryl methyl sites for hydroxylation is 1. The smallest absolute Gasteiger partial charge is 0.102 e. The number of rotatable bonds is 5. The average molecular weight is 307 g/mol. The molecule has 5 heteroatoms. The third-order valence-corrected chi connectivity index (χ3v) is 4.36. The quantitative estimate of drug-likeness (QED) is 0.788. The first-order chi connectivity index (χ1) is 11.1. The molecule has 23 heavy (non-hydrogen) atoms. The van der Waals surface area contributed by atoms with Crippen molar-refractivity contribution in [2.75, 3.05) is 0 Å². The predicted octanol–water partition coefficient (Wildman–Crippen LogP) is 3.06. The maximum atomic E-state index is 9.46. The third kappa shape index (κ3) is 2.99. The fraction of sp³-hybridized carbons (Fsp3) is 0.333. The SMILES string of the molecule is Cc1cnn(C(C)C(C)NCc2cn3ccccc3c2C#N)c1. The van der Waals surface area contributed by atoms with Crippen molar-refractivity contribution in [3.63, 3.8) is 0 Å². The molecule has 3 rings (SSSR count). The van der Waals surface area contributed by atoms with E-state index in [2.05, 4.69) is 36.5 Å². The highest BCUT2D eigenvalue weighted by Crippen LogP contribution is 2.18. The summed E-state index contributed by atoms with van der Waals surface area (Å²) in [5.41, 5.74) is 3.88. The zero-order valence-corrected chi connectivity index (χ0v) is 13.7. The molecule has 118 valence electrons. The van der Waals surface area contributed by atoms with Gasteiger partial charge in [-0.2, -0.15) is 10.4 Å². The fourth-order valence-corrected chi connectivity index (χ4v) is 2.77. The third-order valence-electron chi connectivity index (χ3n) is 4.36. The van der Waals surface area contributed by atoms with Crippen LogP contribution in [0, 0.1) is 18.3 Å². The second kappa shape index (κ2) is 6.27. The molecular formula is C18H21N5. The molecule has 0 aromatic carbocycles. The van der Waals surface area contributed by atoms with Gasteiger partial charge in [0.25, 0.3) is 0 Å². The van der Waals surface area contributed by atoms with Crippen LogP contribution in [0.2, 0.25) is 0 Å². The fourth-order valence-electron chi connectivity index (χ4n) is 2.77. The Hall–Kier alpha value is -2.58. The minimum absolute atomic E-state index is 0.240. The number of nitriles is 1. The Labute approximate surface area is 136 Å². The summed E-state index contributed by atoms with van der Waals surface area (Å²) in [6, 6.07) is 8.71. The van der Waals surface area contributed by atoms with E-state index in [-0.39, 0.29) is 12.1 Å². The average Bonchev–Trinajstić information content (AvgIpc) is 3.14. The molecule has 0 bridgehead atoms. The van der Waals surface area contributed by atoms with Crippen molar-refractivity contribution in [1.29, 1.82) is 5.26 Å². The molecule has 0 fully saturated rings. The van der Waals surface area contributed by atoms with Gasteiger partial charge in [0.05, 0.1) is 23.3 Å². The molecule has 0 aliphatic rings. The summed E-state index contributed by atoms with van der Waals surface area (Å²) in [4.78, 5) is 0. The van der Waals surface area contributed by atoms with Crippen LogP contribution in [-0.2, 0) is 6.54 Å². The van der Waals surface area contributed by atoms with E-state index in [0.717, 1.165) is 22.2 Å². The largest absolute Gasteiger partial charge is 0.322 e. The Morgan fingerprint density at radius 3 is 2.83 bits per heavy atom. The topological polar surface area (TPSA) is 58.1 Å². The van der Waals surface area contributed by atoms with Gasteiger partial charge < -0.3 is 9.72 Å². The van der Waals surface area contributed by atoms with Crippen molar-refractivity contribution >= 4 is 5.52 Å². The molecule has 0 aliphatic heterocycles. The van der Waals surface area contributed by atoms with Gasteiger partial charge in [0.2, 0.25) is 0 Å². The number of nitrogens with one attached hydrogen (secondary N) is 1. The second-order valence-electron chi connectivity index (χ2n) is 6.04. The standard InChI is InChI=1S/C18H21N5/c1-13-9-21-23(11-13)15(3)14(2)20-10-16-12-22-7-5-4-6-18(22)17(16)8-19/h4-7,9,11-12,14-15,20H,10H2,1-3H3. The van der Waals surface area contributed by atoms with E-state index in [1.165, 1.54) is 0 Å². The lowest BCUT2D eigenvalue weighted by molar-refractivity contribution is 0.365. The molecule has 3 aromatic rings. The highest BCUT2D eigenvalue weighted by atomic mass is 15.3. The van der Waals surface area contributed by atoms with E-state index in [1.807, 2.05) is 52.8 Å². The summed E-state index contributed by atoms with van der Waals surface area (Å²) >= 11 is 0. The summed E-state index contributed by atoms with van der Waals surface area (Å²) in [6.45, 7) is 6.99. The monoisotopic (exact) mass is 307 g/mol. The molecule has 0 amide bonds. The van der Waals surface area contributed by atoms with Crippen molar-refractivity contribution < 1.29 is 0 Å². The first-order valence-corrected chi connectivity index (χ1v) is 7.83. The van der Waals surface area contributed by atoms with Crippen LogP contribution in [0.25, 0.3) is 5.52 Å². The van der Waals surface area contributed by atoms with Crippen molar-refractivity contribution in [3.05, 3.63) is 59.7 Å². The molecule has 3 aromatic heterocycles. The summed E-state index contributed by atoms with van der Waals surface area (Å²) < 4.78 is 3.98. The van der Waals surface area contributed by atoms with Crippen LogP contribution in [0.1, 0.15) is 36.6 Å². The van der Waals surface area contributed by atoms with Gasteiger partial charge in [-0.05, 0) is 38.5 Å². The maximum absolute atomic E-state index is 9.46. The maximum Gasteiger partial charge on any atom is 0.102 e. The van der Waals surface area contributed by atoms with E-state index in [0.29, 0.717) is 6.54 Å². The molecule has 5 nitrogen and oxygen atoms in total. The first-order valence-electron chi connectivity index (χ1n) is 7.83. The van der Waals surface area contributed by atoms with E-state index in [4.69, 9.17) is 0 Å². The summed E-state index contributed by atoms with van der Waals surface area (Å²) in [5.74, 6) is 0. The van der Waals surface area contributed by atoms with Crippen molar-refractivity contribution in [3.8, 4) is 6.07 Å². The molecule has 0 saturated heterocycles.